The van der Waals surface area contributed by atoms with Crippen LogP contribution in [0.3, 0.4) is 0 Å². The van der Waals surface area contributed by atoms with Crippen LogP contribution >= 0.6 is 0 Å². The van der Waals surface area contributed by atoms with Crippen LogP contribution in [0.25, 0.3) is 0 Å². The van der Waals surface area contributed by atoms with E-state index in [-0.39, 0.29) is 6.10 Å². The number of hydrogen-bond donors (Lipinski definition) is 1. The summed E-state index contributed by atoms with van der Waals surface area (Å²) in [6.45, 7) is 5.77. The summed E-state index contributed by atoms with van der Waals surface area (Å²) in [7, 11) is 5.98. The van der Waals surface area contributed by atoms with E-state index in [2.05, 4.69) is 32.3 Å². The molecule has 0 aromatic carbocycles. The molecule has 1 aromatic rings. The van der Waals surface area contributed by atoms with Gasteiger partial charge in [-0.1, -0.05) is 0 Å². The van der Waals surface area contributed by atoms with Crippen LogP contribution in [0.5, 0.6) is 0 Å². The molecule has 2 unspecified atom stereocenters. The van der Waals surface area contributed by atoms with E-state index in [1.54, 1.807) is 0 Å². The molecule has 23 heavy (non-hydrogen) atoms. The fraction of sp³-hybridized carbons (Fsp3) is 0.750. The van der Waals surface area contributed by atoms with Gasteiger partial charge in [0, 0.05) is 45.5 Å². The van der Waals surface area contributed by atoms with Crippen LogP contribution in [0, 0.1) is 5.92 Å². The third-order valence-electron chi connectivity index (χ3n) is 4.71. The molecule has 2 aliphatic heterocycles. The Labute approximate surface area is 138 Å². The van der Waals surface area contributed by atoms with E-state index < -0.39 is 0 Å². The van der Waals surface area contributed by atoms with E-state index in [9.17, 15) is 0 Å². The molecular weight excluding hydrogens is 292 g/mol. The minimum Gasteiger partial charge on any atom is -0.370 e. The maximum absolute atomic E-state index is 5.91. The molecule has 1 N–H and O–H groups in total. The Morgan fingerprint density at radius 1 is 1.39 bits per heavy atom. The lowest BCUT2D eigenvalue weighted by atomic mass is 10.1. The third-order valence-corrected chi connectivity index (χ3v) is 4.71. The van der Waals surface area contributed by atoms with E-state index in [1.165, 1.54) is 19.5 Å². The highest BCUT2D eigenvalue weighted by Crippen LogP contribution is 2.21. The Balaban J connectivity index is 1.55. The van der Waals surface area contributed by atoms with Gasteiger partial charge in [-0.2, -0.15) is 5.10 Å². The number of aliphatic imine (C=N–C) groups is 1. The van der Waals surface area contributed by atoms with Gasteiger partial charge in [0.25, 0.3) is 0 Å². The smallest absolute Gasteiger partial charge is 0.193 e. The lowest BCUT2D eigenvalue weighted by Gasteiger charge is -2.35. The van der Waals surface area contributed by atoms with Crippen molar-refractivity contribution in [3.8, 4) is 0 Å². The van der Waals surface area contributed by atoms with Crippen molar-refractivity contribution in [1.29, 1.82) is 0 Å². The highest BCUT2D eigenvalue weighted by Gasteiger charge is 2.26. The topological polar surface area (TPSA) is 57.9 Å². The number of morpholine rings is 1. The molecule has 0 amide bonds. The van der Waals surface area contributed by atoms with Gasteiger partial charge in [0.15, 0.2) is 5.96 Å². The molecule has 0 aliphatic carbocycles. The summed E-state index contributed by atoms with van der Waals surface area (Å²) in [4.78, 5) is 9.15. The highest BCUT2D eigenvalue weighted by molar-refractivity contribution is 5.80. The standard InChI is InChI=1S/C16H28N6O/c1-17-16(18-8-13-4-5-20(2)10-13)22-6-7-23-15(12-22)14-9-19-21(3)11-14/h9,11,13,15H,4-8,10,12H2,1-3H3,(H,17,18). The summed E-state index contributed by atoms with van der Waals surface area (Å²) in [5, 5.41) is 7.80. The molecule has 0 spiro atoms. The number of nitrogens with one attached hydrogen (secondary N) is 1. The largest absolute Gasteiger partial charge is 0.370 e. The van der Waals surface area contributed by atoms with Gasteiger partial charge in [0.1, 0.15) is 6.10 Å². The van der Waals surface area contributed by atoms with Crippen molar-refractivity contribution < 1.29 is 4.74 Å². The Hall–Kier alpha value is -1.60. The number of aromatic nitrogens is 2. The van der Waals surface area contributed by atoms with Crippen molar-refractivity contribution in [1.82, 2.24) is 24.9 Å². The molecule has 2 saturated heterocycles. The van der Waals surface area contributed by atoms with E-state index >= 15 is 0 Å². The zero-order valence-corrected chi connectivity index (χ0v) is 14.4. The minimum absolute atomic E-state index is 0.0635. The number of ether oxygens (including phenoxy) is 1. The second kappa shape index (κ2) is 7.31. The Morgan fingerprint density at radius 3 is 2.91 bits per heavy atom. The van der Waals surface area contributed by atoms with Gasteiger partial charge in [-0.15, -0.1) is 0 Å². The van der Waals surface area contributed by atoms with Crippen LogP contribution < -0.4 is 5.32 Å². The number of rotatable bonds is 3. The van der Waals surface area contributed by atoms with Crippen molar-refractivity contribution >= 4 is 5.96 Å². The first-order valence-corrected chi connectivity index (χ1v) is 8.40. The van der Waals surface area contributed by atoms with Gasteiger partial charge in [0.2, 0.25) is 0 Å². The molecule has 7 heteroatoms. The van der Waals surface area contributed by atoms with Gasteiger partial charge in [-0.25, -0.2) is 0 Å². The first kappa shape index (κ1) is 16.3. The van der Waals surface area contributed by atoms with Gasteiger partial charge in [0.05, 0.1) is 19.3 Å². The number of likely N-dealkylation sites (tertiary alicyclic amines) is 1. The molecule has 2 fully saturated rings. The summed E-state index contributed by atoms with van der Waals surface area (Å²) >= 11 is 0. The van der Waals surface area contributed by atoms with Crippen LogP contribution in [0.1, 0.15) is 18.1 Å². The predicted molar refractivity (Wildman–Crippen MR) is 90.4 cm³/mol. The quantitative estimate of drug-likeness (QED) is 0.642. The van der Waals surface area contributed by atoms with Crippen LogP contribution in [0.2, 0.25) is 0 Å². The van der Waals surface area contributed by atoms with Crippen molar-refractivity contribution in [3.05, 3.63) is 18.0 Å². The molecule has 0 radical (unpaired) electrons. The number of guanidine groups is 1. The molecule has 3 rings (SSSR count). The van der Waals surface area contributed by atoms with Gasteiger partial charge >= 0.3 is 0 Å². The maximum atomic E-state index is 5.91. The van der Waals surface area contributed by atoms with Crippen LogP contribution in [0.15, 0.2) is 17.4 Å². The molecule has 1 aromatic heterocycles. The maximum Gasteiger partial charge on any atom is 0.193 e. The van der Waals surface area contributed by atoms with Crippen molar-refractivity contribution in [2.45, 2.75) is 12.5 Å². The molecule has 3 heterocycles. The van der Waals surface area contributed by atoms with E-state index in [0.717, 1.165) is 31.2 Å². The van der Waals surface area contributed by atoms with E-state index in [1.807, 2.05) is 31.2 Å². The van der Waals surface area contributed by atoms with Gasteiger partial charge in [-0.3, -0.25) is 9.67 Å². The fourth-order valence-electron chi connectivity index (χ4n) is 3.41. The lowest BCUT2D eigenvalue weighted by Crippen LogP contribution is -2.49. The van der Waals surface area contributed by atoms with Crippen LogP contribution in [-0.4, -0.2) is 79.0 Å². The van der Waals surface area contributed by atoms with E-state index in [0.29, 0.717) is 12.5 Å². The molecule has 2 atom stereocenters. The summed E-state index contributed by atoms with van der Waals surface area (Å²) in [6.07, 6.45) is 5.24. The second-order valence-corrected chi connectivity index (χ2v) is 6.60. The van der Waals surface area contributed by atoms with Crippen LogP contribution in [-0.2, 0) is 11.8 Å². The average molecular weight is 320 g/mol. The van der Waals surface area contributed by atoms with Crippen molar-refractivity contribution in [2.75, 3.05) is 53.4 Å². The second-order valence-electron chi connectivity index (χ2n) is 6.60. The number of nitrogens with zero attached hydrogens (tertiary/aromatic N) is 5. The predicted octanol–water partition coefficient (Wildman–Crippen LogP) is 0.321. The van der Waals surface area contributed by atoms with Crippen molar-refractivity contribution in [3.63, 3.8) is 0 Å². The molecular formula is C16H28N6O. The van der Waals surface area contributed by atoms with Gasteiger partial charge in [-0.05, 0) is 25.9 Å². The summed E-state index contributed by atoms with van der Waals surface area (Å²) < 4.78 is 7.73. The van der Waals surface area contributed by atoms with Crippen LogP contribution in [0.4, 0.5) is 0 Å². The minimum atomic E-state index is 0.0635. The molecule has 7 nitrogen and oxygen atoms in total. The molecule has 0 saturated carbocycles. The van der Waals surface area contributed by atoms with E-state index in [4.69, 9.17) is 4.74 Å². The molecule has 0 bridgehead atoms. The zero-order valence-electron chi connectivity index (χ0n) is 14.4. The first-order chi connectivity index (χ1) is 11.2. The SMILES string of the molecule is CN=C(NCC1CCN(C)C1)N1CCOC(c2cnn(C)c2)C1. The monoisotopic (exact) mass is 320 g/mol. The average Bonchev–Trinajstić information content (AvgIpc) is 3.17. The summed E-state index contributed by atoms with van der Waals surface area (Å²) in [5.74, 6) is 1.70. The fourth-order valence-corrected chi connectivity index (χ4v) is 3.41. The molecule has 2 aliphatic rings. The summed E-state index contributed by atoms with van der Waals surface area (Å²) in [5.41, 5.74) is 1.13. The summed E-state index contributed by atoms with van der Waals surface area (Å²) in [6, 6.07) is 0. The lowest BCUT2D eigenvalue weighted by molar-refractivity contribution is -0.00807. The third kappa shape index (κ3) is 4.03. The first-order valence-electron chi connectivity index (χ1n) is 8.40. The normalized spacial score (nSPS) is 26.7. The number of hydrogen-bond acceptors (Lipinski definition) is 4. The molecule has 128 valence electrons. The zero-order chi connectivity index (χ0) is 16.2. The Morgan fingerprint density at radius 2 is 2.26 bits per heavy atom. The number of aryl methyl sites for hydroxylation is 1. The highest BCUT2D eigenvalue weighted by atomic mass is 16.5. The Bertz CT molecular complexity index is 542. The Kier molecular flexibility index (Phi) is 5.17. The van der Waals surface area contributed by atoms with Crippen molar-refractivity contribution in [2.24, 2.45) is 18.0 Å². The van der Waals surface area contributed by atoms with Gasteiger partial charge < -0.3 is 19.9 Å².